The van der Waals surface area contributed by atoms with Crippen LogP contribution in [-0.2, 0) is 9.53 Å². The first-order chi connectivity index (χ1) is 13.2. The van der Waals surface area contributed by atoms with Crippen molar-refractivity contribution in [1.82, 2.24) is 10.2 Å². The van der Waals surface area contributed by atoms with Crippen molar-refractivity contribution >= 4 is 12.0 Å². The van der Waals surface area contributed by atoms with Gasteiger partial charge in [-0.05, 0) is 68.8 Å². The van der Waals surface area contributed by atoms with Gasteiger partial charge in [-0.1, -0.05) is 24.3 Å². The Morgan fingerprint density at radius 3 is 2.70 bits per heavy atom. The van der Waals surface area contributed by atoms with Gasteiger partial charge in [-0.25, -0.2) is 4.39 Å². The van der Waals surface area contributed by atoms with Crippen LogP contribution >= 0.6 is 0 Å². The van der Waals surface area contributed by atoms with Gasteiger partial charge < -0.3 is 10.1 Å². The van der Waals surface area contributed by atoms with Gasteiger partial charge in [0.25, 0.3) is 0 Å². The predicted molar refractivity (Wildman–Crippen MR) is 106 cm³/mol. The molecule has 2 saturated heterocycles. The summed E-state index contributed by atoms with van der Waals surface area (Å²) in [6.45, 7) is 4.58. The van der Waals surface area contributed by atoms with Crippen LogP contribution in [0.3, 0.4) is 0 Å². The fourth-order valence-corrected chi connectivity index (χ4v) is 3.83. The maximum Gasteiger partial charge on any atom is 0.220 e. The number of ether oxygens (including phenoxy) is 1. The standard InChI is InChI=1S/C22H31FN2O2/c23-20-8-5-18(6-9-20)3-1-13-25-14-11-19(12-15-25)7-10-22(26)24-17-21-4-2-16-27-21/h1,3,5-6,8-9,19,21H,2,4,7,10-17H2,(H,24,26)/b3-1+/t21-/m0/s1. The number of benzene rings is 1. The zero-order valence-electron chi connectivity index (χ0n) is 16.0. The average molecular weight is 375 g/mol. The Balaban J connectivity index is 1.27. The number of carbonyl (C=O) groups is 1. The van der Waals surface area contributed by atoms with Gasteiger partial charge in [0, 0.05) is 26.1 Å². The molecular formula is C22H31FN2O2. The molecule has 4 nitrogen and oxygen atoms in total. The highest BCUT2D eigenvalue weighted by Crippen LogP contribution is 2.22. The molecule has 1 N–H and O–H groups in total. The second-order valence-electron chi connectivity index (χ2n) is 7.68. The van der Waals surface area contributed by atoms with E-state index < -0.39 is 0 Å². The number of halogens is 1. The maximum atomic E-state index is 12.9. The minimum Gasteiger partial charge on any atom is -0.376 e. The van der Waals surface area contributed by atoms with E-state index in [1.54, 1.807) is 12.1 Å². The van der Waals surface area contributed by atoms with Crippen LogP contribution in [0.4, 0.5) is 4.39 Å². The van der Waals surface area contributed by atoms with Crippen molar-refractivity contribution < 1.29 is 13.9 Å². The van der Waals surface area contributed by atoms with Crippen molar-refractivity contribution in [3.63, 3.8) is 0 Å². The summed E-state index contributed by atoms with van der Waals surface area (Å²) in [5, 5.41) is 3.01. The van der Waals surface area contributed by atoms with Crippen molar-refractivity contribution in [3.05, 3.63) is 41.7 Å². The first-order valence-electron chi connectivity index (χ1n) is 10.2. The molecule has 0 unspecified atom stereocenters. The molecule has 0 spiro atoms. The van der Waals surface area contributed by atoms with E-state index in [2.05, 4.69) is 16.3 Å². The Labute approximate surface area is 161 Å². The van der Waals surface area contributed by atoms with E-state index in [-0.39, 0.29) is 17.8 Å². The Bertz CT molecular complexity index is 603. The largest absolute Gasteiger partial charge is 0.376 e. The molecule has 27 heavy (non-hydrogen) atoms. The van der Waals surface area contributed by atoms with E-state index in [0.717, 1.165) is 63.9 Å². The van der Waals surface area contributed by atoms with Gasteiger partial charge >= 0.3 is 0 Å². The van der Waals surface area contributed by atoms with E-state index in [1.165, 1.54) is 12.1 Å². The van der Waals surface area contributed by atoms with Crippen molar-refractivity contribution in [2.75, 3.05) is 32.8 Å². The number of hydrogen-bond acceptors (Lipinski definition) is 3. The smallest absolute Gasteiger partial charge is 0.220 e. The number of amides is 1. The molecule has 1 aromatic carbocycles. The van der Waals surface area contributed by atoms with Gasteiger partial charge in [-0.2, -0.15) is 0 Å². The molecule has 0 saturated carbocycles. The molecular weight excluding hydrogens is 343 g/mol. The lowest BCUT2D eigenvalue weighted by molar-refractivity contribution is -0.122. The molecule has 148 valence electrons. The summed E-state index contributed by atoms with van der Waals surface area (Å²) in [6.07, 6.45) is 10.5. The lowest BCUT2D eigenvalue weighted by atomic mass is 9.92. The summed E-state index contributed by atoms with van der Waals surface area (Å²) >= 11 is 0. The lowest BCUT2D eigenvalue weighted by Gasteiger charge is -2.31. The molecule has 2 fully saturated rings. The third-order valence-electron chi connectivity index (χ3n) is 5.58. The lowest BCUT2D eigenvalue weighted by Crippen LogP contribution is -2.35. The number of carbonyl (C=O) groups excluding carboxylic acids is 1. The zero-order valence-corrected chi connectivity index (χ0v) is 16.0. The maximum absolute atomic E-state index is 12.9. The SMILES string of the molecule is O=C(CCC1CCN(C/C=C/c2ccc(F)cc2)CC1)NC[C@@H]1CCCO1. The Morgan fingerprint density at radius 1 is 1.22 bits per heavy atom. The molecule has 1 atom stereocenters. The van der Waals surface area contributed by atoms with Gasteiger partial charge in [-0.3, -0.25) is 9.69 Å². The number of piperidine rings is 1. The average Bonchev–Trinajstić information content (AvgIpc) is 3.21. The summed E-state index contributed by atoms with van der Waals surface area (Å²) in [5.41, 5.74) is 1.03. The highest BCUT2D eigenvalue weighted by atomic mass is 19.1. The van der Waals surface area contributed by atoms with E-state index in [0.29, 0.717) is 18.9 Å². The van der Waals surface area contributed by atoms with Gasteiger partial charge in [0.05, 0.1) is 6.10 Å². The van der Waals surface area contributed by atoms with Crippen LogP contribution in [-0.4, -0.2) is 49.7 Å². The van der Waals surface area contributed by atoms with Crippen molar-refractivity contribution in [1.29, 1.82) is 0 Å². The first kappa shape index (κ1) is 20.0. The third-order valence-corrected chi connectivity index (χ3v) is 5.58. The van der Waals surface area contributed by atoms with E-state index in [1.807, 2.05) is 6.08 Å². The zero-order chi connectivity index (χ0) is 18.9. The van der Waals surface area contributed by atoms with Crippen LogP contribution in [0, 0.1) is 11.7 Å². The molecule has 0 bridgehead atoms. The van der Waals surface area contributed by atoms with Crippen molar-refractivity contribution in [2.45, 2.75) is 44.6 Å². The van der Waals surface area contributed by atoms with Gasteiger partial charge in [0.2, 0.25) is 5.91 Å². The van der Waals surface area contributed by atoms with Crippen molar-refractivity contribution in [2.24, 2.45) is 5.92 Å². The summed E-state index contributed by atoms with van der Waals surface area (Å²) in [5.74, 6) is 0.612. The monoisotopic (exact) mass is 374 g/mol. The number of nitrogens with one attached hydrogen (secondary N) is 1. The fourth-order valence-electron chi connectivity index (χ4n) is 3.83. The van der Waals surface area contributed by atoms with Crippen LogP contribution in [0.1, 0.15) is 44.1 Å². The molecule has 1 amide bonds. The van der Waals surface area contributed by atoms with E-state index in [4.69, 9.17) is 4.74 Å². The van der Waals surface area contributed by atoms with Gasteiger partial charge in [-0.15, -0.1) is 0 Å². The Hall–Kier alpha value is -1.72. The van der Waals surface area contributed by atoms with Crippen LogP contribution in [0.25, 0.3) is 6.08 Å². The minimum absolute atomic E-state index is 0.162. The van der Waals surface area contributed by atoms with Crippen molar-refractivity contribution in [3.8, 4) is 0 Å². The van der Waals surface area contributed by atoms with E-state index in [9.17, 15) is 9.18 Å². The summed E-state index contributed by atoms with van der Waals surface area (Å²) in [7, 11) is 0. The normalized spacial score (nSPS) is 21.7. The molecule has 0 aliphatic carbocycles. The second kappa shape index (κ2) is 10.6. The van der Waals surface area contributed by atoms with Crippen LogP contribution in [0.15, 0.2) is 30.3 Å². The molecule has 2 aliphatic heterocycles. The van der Waals surface area contributed by atoms with Crippen LogP contribution < -0.4 is 5.32 Å². The van der Waals surface area contributed by atoms with Crippen LogP contribution in [0.2, 0.25) is 0 Å². The third kappa shape index (κ3) is 7.07. The second-order valence-corrected chi connectivity index (χ2v) is 7.68. The molecule has 2 heterocycles. The molecule has 1 aromatic rings. The number of likely N-dealkylation sites (tertiary alicyclic amines) is 1. The fraction of sp³-hybridized carbons (Fsp3) is 0.591. The number of nitrogens with zero attached hydrogens (tertiary/aromatic N) is 1. The number of rotatable bonds is 8. The highest BCUT2D eigenvalue weighted by Gasteiger charge is 2.20. The number of hydrogen-bond donors (Lipinski definition) is 1. The summed E-state index contributed by atoms with van der Waals surface area (Å²) < 4.78 is 18.4. The molecule has 3 rings (SSSR count). The highest BCUT2D eigenvalue weighted by molar-refractivity contribution is 5.75. The van der Waals surface area contributed by atoms with E-state index >= 15 is 0 Å². The first-order valence-corrected chi connectivity index (χ1v) is 10.2. The summed E-state index contributed by atoms with van der Waals surface area (Å²) in [6, 6.07) is 6.56. The van der Waals surface area contributed by atoms with Gasteiger partial charge in [0.1, 0.15) is 5.82 Å². The quantitative estimate of drug-likeness (QED) is 0.756. The molecule has 5 heteroatoms. The Morgan fingerprint density at radius 2 is 2.00 bits per heavy atom. The summed E-state index contributed by atoms with van der Waals surface area (Å²) in [4.78, 5) is 14.4. The topological polar surface area (TPSA) is 41.6 Å². The van der Waals surface area contributed by atoms with Gasteiger partial charge in [0.15, 0.2) is 0 Å². The van der Waals surface area contributed by atoms with Crippen LogP contribution in [0.5, 0.6) is 0 Å². The predicted octanol–water partition coefficient (Wildman–Crippen LogP) is 3.63. The Kier molecular flexibility index (Phi) is 7.84. The molecule has 0 radical (unpaired) electrons. The molecule has 0 aromatic heterocycles. The minimum atomic E-state index is -0.199. The molecule has 2 aliphatic rings.